The molecule has 4 aromatic rings. The van der Waals surface area contributed by atoms with E-state index in [9.17, 15) is 14.7 Å². The van der Waals surface area contributed by atoms with E-state index in [2.05, 4.69) is 4.98 Å². The third-order valence-corrected chi connectivity index (χ3v) is 7.28. The Morgan fingerprint density at radius 2 is 1.70 bits per heavy atom. The van der Waals surface area contributed by atoms with Gasteiger partial charge in [-0.1, -0.05) is 29.5 Å². The van der Waals surface area contributed by atoms with Crippen molar-refractivity contribution < 1.29 is 28.9 Å². The smallest absolute Gasteiger partial charge is 0.301 e. The number of aromatic nitrogens is 1. The van der Waals surface area contributed by atoms with Crippen molar-refractivity contribution in [3.05, 3.63) is 82.9 Å². The summed E-state index contributed by atoms with van der Waals surface area (Å²) in [5, 5.41) is 11.8. The maximum Gasteiger partial charge on any atom is 0.301 e. The van der Waals surface area contributed by atoms with E-state index in [1.54, 1.807) is 42.5 Å². The van der Waals surface area contributed by atoms with Gasteiger partial charge in [0.15, 0.2) is 5.13 Å². The molecule has 1 N–H and O–H groups in total. The summed E-state index contributed by atoms with van der Waals surface area (Å²) in [5.74, 6) is -0.531. The number of carbonyl (C=O) groups is 2. The molecule has 2 heterocycles. The summed E-state index contributed by atoms with van der Waals surface area (Å²) >= 11 is 1.30. The Balaban J connectivity index is 1.79. The molecule has 1 aromatic heterocycles. The first-order valence-corrected chi connectivity index (χ1v) is 12.2. The van der Waals surface area contributed by atoms with Crippen molar-refractivity contribution >= 4 is 44.1 Å². The zero-order valence-electron chi connectivity index (χ0n) is 20.6. The number of fused-ring (bicyclic) bond motifs is 1. The first-order chi connectivity index (χ1) is 17.9. The average Bonchev–Trinajstić information content (AvgIpc) is 3.45. The van der Waals surface area contributed by atoms with Crippen LogP contribution in [0.3, 0.4) is 0 Å². The number of aliphatic hydroxyl groups is 1. The molecule has 1 saturated heterocycles. The second kappa shape index (κ2) is 9.59. The third-order valence-electron chi connectivity index (χ3n) is 6.26. The van der Waals surface area contributed by atoms with Gasteiger partial charge in [0.1, 0.15) is 29.0 Å². The minimum absolute atomic E-state index is 0.0831. The molecule has 1 unspecified atom stereocenters. The molecule has 5 rings (SSSR count). The lowest BCUT2D eigenvalue weighted by Gasteiger charge is -2.25. The molecule has 9 heteroatoms. The van der Waals surface area contributed by atoms with Gasteiger partial charge in [0.05, 0.1) is 37.1 Å². The van der Waals surface area contributed by atoms with Crippen LogP contribution in [0.4, 0.5) is 5.13 Å². The summed E-state index contributed by atoms with van der Waals surface area (Å²) in [7, 11) is 4.53. The first-order valence-electron chi connectivity index (χ1n) is 11.4. The lowest BCUT2D eigenvalue weighted by molar-refractivity contribution is -0.132. The summed E-state index contributed by atoms with van der Waals surface area (Å²) in [5.41, 5.74) is 2.48. The molecule has 1 aliphatic rings. The zero-order chi connectivity index (χ0) is 26.3. The van der Waals surface area contributed by atoms with Crippen LogP contribution in [-0.4, -0.2) is 43.1 Å². The van der Waals surface area contributed by atoms with Gasteiger partial charge in [0.2, 0.25) is 0 Å². The first kappa shape index (κ1) is 24.3. The highest BCUT2D eigenvalue weighted by Crippen LogP contribution is 2.47. The average molecular weight is 517 g/mol. The van der Waals surface area contributed by atoms with Gasteiger partial charge in [-0.2, -0.15) is 0 Å². The molecule has 0 saturated carbocycles. The predicted molar refractivity (Wildman–Crippen MR) is 142 cm³/mol. The third kappa shape index (κ3) is 4.17. The molecule has 1 fully saturated rings. The molecular formula is C28H24N2O6S. The van der Waals surface area contributed by atoms with Crippen LogP contribution < -0.4 is 19.1 Å². The Hall–Kier alpha value is -4.37. The quantitative estimate of drug-likeness (QED) is 0.212. The Labute approximate surface area is 217 Å². The van der Waals surface area contributed by atoms with E-state index >= 15 is 0 Å². The standard InChI is InChI=1S/C28H24N2O6S/c1-15-8-10-20-22(12-15)37-28(29-20)30-24(19-14-18(35-3)9-11-21(19)36-4)23(26(32)27(30)33)25(31)16-6-5-7-17(13-16)34-2/h5-14,24,31H,1-4H3/b25-23+. The molecule has 1 amide bonds. The van der Waals surface area contributed by atoms with Crippen molar-refractivity contribution in [3.8, 4) is 17.2 Å². The van der Waals surface area contributed by atoms with Crippen molar-refractivity contribution in [1.29, 1.82) is 0 Å². The van der Waals surface area contributed by atoms with E-state index in [4.69, 9.17) is 14.2 Å². The van der Waals surface area contributed by atoms with E-state index in [0.717, 1.165) is 10.3 Å². The number of ether oxygens (including phenoxy) is 3. The van der Waals surface area contributed by atoms with Crippen LogP contribution in [0.25, 0.3) is 16.0 Å². The van der Waals surface area contributed by atoms with Gasteiger partial charge in [-0.15, -0.1) is 0 Å². The van der Waals surface area contributed by atoms with Gasteiger partial charge in [-0.3, -0.25) is 14.5 Å². The van der Waals surface area contributed by atoms with Crippen LogP contribution >= 0.6 is 11.3 Å². The molecule has 0 bridgehead atoms. The highest BCUT2D eigenvalue weighted by molar-refractivity contribution is 7.22. The minimum atomic E-state index is -1.02. The van der Waals surface area contributed by atoms with E-state index in [1.807, 2.05) is 25.1 Å². The number of hydrogen-bond acceptors (Lipinski definition) is 8. The van der Waals surface area contributed by atoms with Gasteiger partial charge < -0.3 is 19.3 Å². The van der Waals surface area contributed by atoms with Crippen molar-refractivity contribution in [3.63, 3.8) is 0 Å². The monoisotopic (exact) mass is 516 g/mol. The van der Waals surface area contributed by atoms with E-state index in [0.29, 0.717) is 39.0 Å². The van der Waals surface area contributed by atoms with Gasteiger partial charge in [-0.25, -0.2) is 4.98 Å². The molecular weight excluding hydrogens is 492 g/mol. The summed E-state index contributed by atoms with van der Waals surface area (Å²) in [6.45, 7) is 1.97. The fourth-order valence-electron chi connectivity index (χ4n) is 4.43. The minimum Gasteiger partial charge on any atom is -0.507 e. The lowest BCUT2D eigenvalue weighted by atomic mass is 9.94. The second-order valence-electron chi connectivity index (χ2n) is 8.48. The van der Waals surface area contributed by atoms with Crippen molar-refractivity contribution in [2.24, 2.45) is 0 Å². The Kier molecular flexibility index (Phi) is 6.31. The van der Waals surface area contributed by atoms with Crippen LogP contribution in [0, 0.1) is 6.92 Å². The van der Waals surface area contributed by atoms with Gasteiger partial charge in [0, 0.05) is 11.1 Å². The zero-order valence-corrected chi connectivity index (χ0v) is 21.5. The predicted octanol–water partition coefficient (Wildman–Crippen LogP) is 5.26. The van der Waals surface area contributed by atoms with E-state index in [-0.39, 0.29) is 11.3 Å². The fourth-order valence-corrected chi connectivity index (χ4v) is 5.52. The summed E-state index contributed by atoms with van der Waals surface area (Å²) in [6.07, 6.45) is 0. The number of aliphatic hydroxyl groups excluding tert-OH is 1. The fraction of sp³-hybridized carbons (Fsp3) is 0.179. The molecule has 0 aliphatic carbocycles. The number of hydrogen-bond donors (Lipinski definition) is 1. The van der Waals surface area contributed by atoms with Crippen LogP contribution in [0.5, 0.6) is 17.2 Å². The number of rotatable bonds is 6. The van der Waals surface area contributed by atoms with Crippen LogP contribution in [0.15, 0.2) is 66.2 Å². The highest BCUT2D eigenvalue weighted by atomic mass is 32.1. The largest absolute Gasteiger partial charge is 0.507 e. The number of methoxy groups -OCH3 is 3. The second-order valence-corrected chi connectivity index (χ2v) is 9.49. The molecule has 188 valence electrons. The topological polar surface area (TPSA) is 98.2 Å². The number of anilines is 1. The van der Waals surface area contributed by atoms with Crippen LogP contribution in [0.2, 0.25) is 0 Å². The van der Waals surface area contributed by atoms with Crippen molar-refractivity contribution in [2.75, 3.05) is 26.2 Å². The number of carbonyl (C=O) groups excluding carboxylic acids is 2. The number of thiazole rings is 1. The summed E-state index contributed by atoms with van der Waals surface area (Å²) in [6, 6.07) is 16.5. The Morgan fingerprint density at radius 3 is 2.43 bits per heavy atom. The Bertz CT molecular complexity index is 1570. The molecule has 1 aliphatic heterocycles. The number of aryl methyl sites for hydroxylation is 1. The number of nitrogens with zero attached hydrogens (tertiary/aromatic N) is 2. The summed E-state index contributed by atoms with van der Waals surface area (Å²) in [4.78, 5) is 33.1. The van der Waals surface area contributed by atoms with Crippen molar-refractivity contribution in [2.45, 2.75) is 13.0 Å². The van der Waals surface area contributed by atoms with Gasteiger partial charge in [-0.05, 0) is 55.0 Å². The molecule has 37 heavy (non-hydrogen) atoms. The van der Waals surface area contributed by atoms with Crippen LogP contribution in [0.1, 0.15) is 22.7 Å². The number of amides is 1. The maximum absolute atomic E-state index is 13.6. The molecule has 3 aromatic carbocycles. The SMILES string of the molecule is COc1cccc(/C(O)=C2\C(=O)C(=O)N(c3nc4ccc(C)cc4s3)C2c2cc(OC)ccc2OC)c1. The number of Topliss-reactive ketones (excluding diaryl/α,β-unsaturated/α-hetero) is 1. The number of benzene rings is 3. The molecule has 0 radical (unpaired) electrons. The highest BCUT2D eigenvalue weighted by Gasteiger charge is 2.49. The van der Waals surface area contributed by atoms with Gasteiger partial charge in [0.25, 0.3) is 5.78 Å². The molecule has 8 nitrogen and oxygen atoms in total. The molecule has 1 atom stereocenters. The van der Waals surface area contributed by atoms with Crippen molar-refractivity contribution in [1.82, 2.24) is 4.98 Å². The molecule has 0 spiro atoms. The van der Waals surface area contributed by atoms with Crippen LogP contribution in [-0.2, 0) is 9.59 Å². The lowest BCUT2D eigenvalue weighted by Crippen LogP contribution is -2.29. The van der Waals surface area contributed by atoms with E-state index < -0.39 is 17.7 Å². The Morgan fingerprint density at radius 1 is 0.946 bits per heavy atom. The van der Waals surface area contributed by atoms with E-state index in [1.165, 1.54) is 37.6 Å². The summed E-state index contributed by atoms with van der Waals surface area (Å²) < 4.78 is 17.2. The normalized spacial score (nSPS) is 16.9. The van der Waals surface area contributed by atoms with Gasteiger partial charge >= 0.3 is 5.91 Å². The maximum atomic E-state index is 13.6. The number of ketones is 1.